The number of halogens is 2. The molecule has 0 aliphatic heterocycles. The predicted octanol–water partition coefficient (Wildman–Crippen LogP) is 6.56. The molecule has 0 saturated carbocycles. The Morgan fingerprint density at radius 1 is 0.721 bits per heavy atom. The Hall–Kier alpha value is -7.53. The summed E-state index contributed by atoms with van der Waals surface area (Å²) in [4.78, 5) is 53.9. The highest BCUT2D eigenvalue weighted by Crippen LogP contribution is 2.39. The molecule has 6 rings (SSSR count). The first-order chi connectivity index (χ1) is 32.0. The average Bonchev–Trinajstić information content (AvgIpc) is 3.29. The van der Waals surface area contributed by atoms with Gasteiger partial charge < -0.3 is 24.6 Å². The fourth-order valence-electron chi connectivity index (χ4n) is 5.97. The van der Waals surface area contributed by atoms with E-state index in [1.807, 2.05) is 32.4 Å². The molecule has 0 radical (unpaired) electrons. The molecule has 0 aliphatic carbocycles. The topological polar surface area (TPSA) is 267 Å². The Morgan fingerprint density at radius 2 is 1.19 bits per heavy atom. The third kappa shape index (κ3) is 14.2. The van der Waals surface area contributed by atoms with E-state index in [9.17, 15) is 35.2 Å². The van der Waals surface area contributed by atoms with Crippen molar-refractivity contribution in [2.24, 2.45) is 10.1 Å². The first-order valence-electron chi connectivity index (χ1n) is 20.1. The highest BCUT2D eigenvalue weighted by molar-refractivity contribution is 7.90. The van der Waals surface area contributed by atoms with Crippen molar-refractivity contribution in [2.45, 2.75) is 49.6 Å². The lowest BCUT2D eigenvalue weighted by molar-refractivity contribution is 0.256. The van der Waals surface area contributed by atoms with E-state index in [0.29, 0.717) is 62.5 Å². The zero-order valence-corrected chi connectivity index (χ0v) is 40.3. The van der Waals surface area contributed by atoms with Crippen molar-refractivity contribution in [1.29, 1.82) is 0 Å². The van der Waals surface area contributed by atoms with Gasteiger partial charge in [-0.3, -0.25) is 9.97 Å². The molecule has 4 heterocycles. The largest absolute Gasteiger partial charge is 0.481 e. The van der Waals surface area contributed by atoms with E-state index in [1.54, 1.807) is 74.5 Å². The van der Waals surface area contributed by atoms with Crippen LogP contribution in [0.2, 0.25) is 0 Å². The molecule has 0 spiro atoms. The van der Waals surface area contributed by atoms with E-state index >= 15 is 0 Å². The van der Waals surface area contributed by atoms with E-state index in [-0.39, 0.29) is 28.4 Å². The van der Waals surface area contributed by atoms with Crippen LogP contribution in [0.5, 0.6) is 11.8 Å². The second kappa shape index (κ2) is 23.3. The van der Waals surface area contributed by atoms with E-state index in [1.165, 1.54) is 57.1 Å². The average molecular weight is 977 g/mol. The van der Waals surface area contributed by atoms with Gasteiger partial charge in [0.15, 0.2) is 10.1 Å². The number of urea groups is 1. The number of benzene rings is 2. The molecule has 0 saturated heterocycles. The number of sulfonamides is 2. The van der Waals surface area contributed by atoms with E-state index in [0.717, 1.165) is 12.4 Å². The van der Waals surface area contributed by atoms with Crippen molar-refractivity contribution in [3.63, 3.8) is 0 Å². The number of isocyanates is 1. The summed E-state index contributed by atoms with van der Waals surface area (Å²) in [6, 6.07) is 10.8. The molecule has 2 amide bonds. The quantitative estimate of drug-likeness (QED) is 0.0816. The zero-order valence-electron chi connectivity index (χ0n) is 38.7. The monoisotopic (exact) mass is 976 g/mol. The summed E-state index contributed by atoms with van der Waals surface area (Å²) in [7, 11) is 1.68. The minimum atomic E-state index is -4.33. The molecule has 0 fully saturated rings. The maximum absolute atomic E-state index is 14.5. The molecule has 4 N–H and O–H groups in total. The lowest BCUT2D eigenvalue weighted by Gasteiger charge is -2.19. The number of anilines is 3. The van der Waals surface area contributed by atoms with Crippen LogP contribution in [-0.2, 0) is 24.8 Å². The highest BCUT2D eigenvalue weighted by atomic mass is 32.2. The number of nitrogens with one attached hydrogen (secondary N) is 2. The van der Waals surface area contributed by atoms with E-state index in [4.69, 9.17) is 14.6 Å². The van der Waals surface area contributed by atoms with Gasteiger partial charge in [0.05, 0.1) is 50.4 Å². The Balaban J connectivity index is 0.000000250. The molecule has 360 valence electrons. The molecule has 24 heteroatoms. The van der Waals surface area contributed by atoms with Gasteiger partial charge in [-0.05, 0) is 70.5 Å². The summed E-state index contributed by atoms with van der Waals surface area (Å²) in [5.41, 5.74) is 3.87. The maximum Gasteiger partial charge on any atom is 0.333 e. The summed E-state index contributed by atoms with van der Waals surface area (Å²) in [6.07, 6.45) is 9.58. The molecular formula is C44H50F2N12O8S2. The number of aliphatic imine (C=N–C) groups is 1. The summed E-state index contributed by atoms with van der Waals surface area (Å²) >= 11 is 0. The number of hydrogen-bond acceptors (Lipinski definition) is 17. The van der Waals surface area contributed by atoms with Crippen LogP contribution in [0.3, 0.4) is 0 Å². The van der Waals surface area contributed by atoms with Gasteiger partial charge in [-0.2, -0.15) is 13.4 Å². The van der Waals surface area contributed by atoms with Crippen molar-refractivity contribution < 1.29 is 44.7 Å². The normalized spacial score (nSPS) is 11.0. The van der Waals surface area contributed by atoms with Gasteiger partial charge in [0, 0.05) is 63.8 Å². The third-order valence-electron chi connectivity index (χ3n) is 9.30. The fourth-order valence-corrected chi connectivity index (χ4v) is 7.21. The van der Waals surface area contributed by atoms with Gasteiger partial charge >= 0.3 is 6.03 Å². The molecule has 2 aromatic carbocycles. The van der Waals surface area contributed by atoms with Crippen LogP contribution >= 0.6 is 0 Å². The molecule has 4 aromatic heterocycles. The predicted molar refractivity (Wildman–Crippen MR) is 252 cm³/mol. The van der Waals surface area contributed by atoms with Gasteiger partial charge in [0.1, 0.15) is 23.3 Å². The number of pyridine rings is 2. The van der Waals surface area contributed by atoms with E-state index < -0.39 is 36.9 Å². The smallest absolute Gasteiger partial charge is 0.333 e. The van der Waals surface area contributed by atoms with Gasteiger partial charge in [0.25, 0.3) is 20.0 Å². The minimum Gasteiger partial charge on any atom is -0.481 e. The molecule has 0 aliphatic rings. The number of hydrogen-bond donors (Lipinski definition) is 3. The molecule has 68 heavy (non-hydrogen) atoms. The molecule has 6 aromatic rings. The number of nitrogens with two attached hydrogens (primary N) is 1. The van der Waals surface area contributed by atoms with Crippen LogP contribution in [0.1, 0.15) is 50.7 Å². The van der Waals surface area contributed by atoms with Crippen LogP contribution < -0.4 is 34.5 Å². The Morgan fingerprint density at radius 3 is 1.66 bits per heavy atom. The standard InChI is InChI=1S/C22H25FN6O4S.C16H15FN2O2.C6H10N4O2S/c1-13(2)16-9-15(23)10-17(14-6-7-25-19(8-14)33-5)21(16)27-22(30)28-34(31,32)20-12-24-11-18(26-20)29(3)4;1-10(2)13-7-12(17)8-14(16(13)19-9-20)11-4-5-18-15(6-11)21-3;1-10(2)5-3-8-4-6(9-5)13(7,11)12/h6-13H,1-5H3,(H2,27,28,30);4-8,10H,1-3H3;3-4H,1-2H3,(H2,7,11,12). The highest BCUT2D eigenvalue weighted by Gasteiger charge is 2.24. The molecular weight excluding hydrogens is 927 g/mol. The number of carbonyl (C=O) groups excluding carboxylic acids is 2. The summed E-state index contributed by atoms with van der Waals surface area (Å²) in [5.74, 6) is 0.402. The van der Waals surface area contributed by atoms with Crippen molar-refractivity contribution in [2.75, 3.05) is 57.5 Å². The minimum absolute atomic E-state index is 0.0234. The number of ether oxygens (including phenoxy) is 2. The third-order valence-corrected chi connectivity index (χ3v) is 11.3. The second-order valence-corrected chi connectivity index (χ2v) is 18.5. The first-order valence-corrected chi connectivity index (χ1v) is 23.1. The fraction of sp³-hybridized carbons (Fsp3) is 0.273. The van der Waals surface area contributed by atoms with Gasteiger partial charge in [-0.25, -0.2) is 56.6 Å². The molecule has 20 nitrogen and oxygen atoms in total. The number of nitrogens with zero attached hydrogens (tertiary/aromatic N) is 9. The van der Waals surface area contributed by atoms with Crippen LogP contribution in [-0.4, -0.2) is 101 Å². The van der Waals surface area contributed by atoms with E-state index in [2.05, 4.69) is 40.2 Å². The number of aromatic nitrogens is 6. The molecule has 0 bridgehead atoms. The van der Waals surface area contributed by atoms with Crippen LogP contribution in [0.4, 0.5) is 36.6 Å². The maximum atomic E-state index is 14.5. The number of rotatable bonds is 13. The number of methoxy groups -OCH3 is 2. The van der Waals surface area contributed by atoms with Crippen LogP contribution in [0.25, 0.3) is 22.3 Å². The second-order valence-electron chi connectivity index (χ2n) is 15.3. The Labute approximate surface area is 392 Å². The van der Waals surface area contributed by atoms with Crippen molar-refractivity contribution in [3.05, 3.63) is 108 Å². The number of primary sulfonamides is 1. The Kier molecular flexibility index (Phi) is 18.2. The number of carbonyl (C=O) groups is 1. The lowest BCUT2D eigenvalue weighted by atomic mass is 9.94. The number of amides is 2. The van der Waals surface area contributed by atoms with Crippen LogP contribution in [0.15, 0.2) is 101 Å². The first kappa shape index (κ1) is 53.1. The van der Waals surface area contributed by atoms with Crippen molar-refractivity contribution in [1.82, 2.24) is 34.6 Å². The summed E-state index contributed by atoms with van der Waals surface area (Å²) in [5, 5.41) is 6.80. The Bertz CT molecular complexity index is 3030. The van der Waals surface area contributed by atoms with Crippen LogP contribution in [0, 0.1) is 11.6 Å². The van der Waals surface area contributed by atoms with Crippen molar-refractivity contribution in [3.8, 4) is 34.0 Å². The summed E-state index contributed by atoms with van der Waals surface area (Å²) in [6.45, 7) is 7.48. The SMILES string of the molecule is CN(C)c1cncc(S(N)(=O)=O)n1.COc1cc(-c2cc(F)cc(C(C)C)c2N=C=O)ccn1.COc1cc(-c2cc(F)cc(C(C)C)c2NC(=O)NS(=O)(=O)c2cncc(N(C)C)n2)ccn1. The summed E-state index contributed by atoms with van der Waals surface area (Å²) < 4.78 is 87.7. The zero-order chi connectivity index (χ0) is 50.5. The van der Waals surface area contributed by atoms with Gasteiger partial charge in [-0.15, -0.1) is 0 Å². The van der Waals surface area contributed by atoms with Gasteiger partial charge in [-0.1, -0.05) is 27.7 Å². The molecule has 0 unspecified atom stereocenters. The lowest BCUT2D eigenvalue weighted by Crippen LogP contribution is -2.35. The van der Waals surface area contributed by atoms with Crippen molar-refractivity contribution >= 4 is 55.2 Å². The van der Waals surface area contributed by atoms with Gasteiger partial charge in [0.2, 0.25) is 17.8 Å². The molecule has 0 atom stereocenters.